The molecule has 0 aliphatic carbocycles. The number of halogens is 1. The van der Waals surface area contributed by atoms with Crippen molar-refractivity contribution in [2.24, 2.45) is 0 Å². The van der Waals surface area contributed by atoms with Crippen molar-refractivity contribution in [3.63, 3.8) is 0 Å². The third kappa shape index (κ3) is 4.30. The minimum atomic E-state index is -0.832. The molecular formula is C28H27ClN2O4. The predicted octanol–water partition coefficient (Wildman–Crippen LogP) is 6.11. The molecular weight excluding hydrogens is 464 g/mol. The maximum Gasteiger partial charge on any atom is 0.300 e. The number of pyridine rings is 1. The number of hydrogen-bond acceptors (Lipinski definition) is 5. The standard InChI is InChI=1S/C28H27ClN2O4/c1-15(2)20-14-21(16(3)13-23(20)35-5)26(32)24-25(18-8-10-30-11-9-18)31(28(34)27(24)33)22-7-6-19(29)12-17(22)4/h6-15,25,32H,1-5H3/b26-24+. The zero-order valence-corrected chi connectivity index (χ0v) is 21.1. The highest BCUT2D eigenvalue weighted by Crippen LogP contribution is 2.44. The summed E-state index contributed by atoms with van der Waals surface area (Å²) in [5.41, 5.74) is 4.07. The Morgan fingerprint density at radius 1 is 1.06 bits per heavy atom. The van der Waals surface area contributed by atoms with Gasteiger partial charge in [-0.25, -0.2) is 0 Å². The zero-order valence-electron chi connectivity index (χ0n) is 20.3. The Hall–Kier alpha value is -3.64. The lowest BCUT2D eigenvalue weighted by Gasteiger charge is -2.27. The van der Waals surface area contributed by atoms with Gasteiger partial charge in [-0.3, -0.25) is 19.5 Å². The molecule has 1 aliphatic rings. The van der Waals surface area contributed by atoms with Crippen LogP contribution in [0.15, 0.2) is 60.4 Å². The van der Waals surface area contributed by atoms with E-state index in [1.807, 2.05) is 39.8 Å². The average Bonchev–Trinajstić information content (AvgIpc) is 3.09. The first-order chi connectivity index (χ1) is 16.6. The van der Waals surface area contributed by atoms with E-state index in [0.717, 1.165) is 16.7 Å². The lowest BCUT2D eigenvalue weighted by atomic mass is 9.91. The molecule has 1 saturated heterocycles. The Kier molecular flexibility index (Phi) is 6.68. The second-order valence-electron chi connectivity index (χ2n) is 8.94. The quantitative estimate of drug-likeness (QED) is 0.265. The highest BCUT2D eigenvalue weighted by Gasteiger charge is 2.47. The van der Waals surface area contributed by atoms with E-state index < -0.39 is 17.7 Å². The van der Waals surface area contributed by atoms with Gasteiger partial charge in [-0.15, -0.1) is 0 Å². The zero-order chi connectivity index (χ0) is 25.4. The van der Waals surface area contributed by atoms with Gasteiger partial charge < -0.3 is 9.84 Å². The van der Waals surface area contributed by atoms with Crippen LogP contribution in [0, 0.1) is 13.8 Å². The largest absolute Gasteiger partial charge is 0.507 e. The van der Waals surface area contributed by atoms with Crippen LogP contribution < -0.4 is 9.64 Å². The molecule has 1 atom stereocenters. The molecule has 35 heavy (non-hydrogen) atoms. The number of anilines is 1. The first kappa shape index (κ1) is 24.5. The maximum absolute atomic E-state index is 13.4. The molecule has 1 amide bonds. The second-order valence-corrected chi connectivity index (χ2v) is 9.38. The van der Waals surface area contributed by atoms with Crippen LogP contribution in [0.1, 0.15) is 53.6 Å². The van der Waals surface area contributed by atoms with Crippen LogP contribution in [0.25, 0.3) is 5.76 Å². The van der Waals surface area contributed by atoms with E-state index in [0.29, 0.717) is 27.6 Å². The highest BCUT2D eigenvalue weighted by molar-refractivity contribution is 6.51. The number of carbonyl (C=O) groups is 2. The van der Waals surface area contributed by atoms with Gasteiger partial charge in [-0.1, -0.05) is 25.4 Å². The van der Waals surface area contributed by atoms with Gasteiger partial charge in [0.15, 0.2) is 0 Å². The SMILES string of the molecule is COc1cc(C)c(/C(O)=C2\C(=O)C(=O)N(c3ccc(Cl)cc3C)C2c2ccncc2)cc1C(C)C. The first-order valence-electron chi connectivity index (χ1n) is 11.3. The summed E-state index contributed by atoms with van der Waals surface area (Å²) in [6, 6.07) is 11.4. The van der Waals surface area contributed by atoms with Crippen molar-refractivity contribution in [1.29, 1.82) is 0 Å². The number of methoxy groups -OCH3 is 1. The molecule has 0 spiro atoms. The Morgan fingerprint density at radius 2 is 1.74 bits per heavy atom. The summed E-state index contributed by atoms with van der Waals surface area (Å²) in [5.74, 6) is -0.862. The first-order valence-corrected chi connectivity index (χ1v) is 11.7. The van der Waals surface area contributed by atoms with Crippen molar-refractivity contribution >= 4 is 34.7 Å². The number of benzene rings is 2. The fourth-order valence-corrected chi connectivity index (χ4v) is 4.78. The predicted molar refractivity (Wildman–Crippen MR) is 137 cm³/mol. The van der Waals surface area contributed by atoms with Crippen LogP contribution in [0.3, 0.4) is 0 Å². The Balaban J connectivity index is 1.99. The molecule has 0 saturated carbocycles. The van der Waals surface area contributed by atoms with Gasteiger partial charge in [-0.2, -0.15) is 0 Å². The van der Waals surface area contributed by atoms with Gasteiger partial charge in [-0.05, 0) is 84.5 Å². The van der Waals surface area contributed by atoms with Crippen LogP contribution in [-0.4, -0.2) is 28.9 Å². The number of aliphatic hydroxyl groups is 1. The molecule has 2 aromatic carbocycles. The number of aliphatic hydroxyl groups excluding tert-OH is 1. The number of ether oxygens (including phenoxy) is 1. The highest BCUT2D eigenvalue weighted by atomic mass is 35.5. The van der Waals surface area contributed by atoms with Gasteiger partial charge in [0.05, 0.1) is 18.7 Å². The van der Waals surface area contributed by atoms with E-state index in [2.05, 4.69) is 4.98 Å². The van der Waals surface area contributed by atoms with E-state index in [4.69, 9.17) is 16.3 Å². The van der Waals surface area contributed by atoms with Gasteiger partial charge in [0, 0.05) is 28.7 Å². The summed E-state index contributed by atoms with van der Waals surface area (Å²) in [7, 11) is 1.60. The summed E-state index contributed by atoms with van der Waals surface area (Å²) in [4.78, 5) is 32.3. The number of nitrogens with zero attached hydrogens (tertiary/aromatic N) is 2. The Morgan fingerprint density at radius 3 is 2.34 bits per heavy atom. The Labute approximate surface area is 209 Å². The molecule has 7 heteroatoms. The van der Waals surface area contributed by atoms with Crippen molar-refractivity contribution in [1.82, 2.24) is 4.98 Å². The van der Waals surface area contributed by atoms with Crippen LogP contribution >= 0.6 is 11.6 Å². The summed E-state index contributed by atoms with van der Waals surface area (Å²) in [5, 5.41) is 12.1. The van der Waals surface area contributed by atoms with Gasteiger partial charge in [0.2, 0.25) is 0 Å². The van der Waals surface area contributed by atoms with Crippen LogP contribution in [0.4, 0.5) is 5.69 Å². The average molecular weight is 491 g/mol. The molecule has 1 unspecified atom stereocenters. The van der Waals surface area contributed by atoms with Crippen LogP contribution in [-0.2, 0) is 9.59 Å². The van der Waals surface area contributed by atoms with E-state index >= 15 is 0 Å². The van der Waals surface area contributed by atoms with Crippen molar-refractivity contribution in [3.05, 3.63) is 93.3 Å². The van der Waals surface area contributed by atoms with Gasteiger partial charge >= 0.3 is 0 Å². The van der Waals surface area contributed by atoms with E-state index in [1.54, 1.807) is 49.8 Å². The molecule has 1 fully saturated rings. The molecule has 2 heterocycles. The monoisotopic (exact) mass is 490 g/mol. The minimum Gasteiger partial charge on any atom is -0.507 e. The molecule has 4 rings (SSSR count). The number of hydrogen-bond donors (Lipinski definition) is 1. The normalized spacial score (nSPS) is 17.3. The van der Waals surface area contributed by atoms with E-state index in [1.165, 1.54) is 4.90 Å². The number of carbonyl (C=O) groups excluding carboxylic acids is 2. The fourth-order valence-electron chi connectivity index (χ4n) is 4.56. The second kappa shape index (κ2) is 9.55. The van der Waals surface area contributed by atoms with Crippen molar-refractivity contribution in [2.45, 2.75) is 39.7 Å². The van der Waals surface area contributed by atoms with Crippen LogP contribution in [0.5, 0.6) is 5.75 Å². The molecule has 6 nitrogen and oxygen atoms in total. The lowest BCUT2D eigenvalue weighted by molar-refractivity contribution is -0.132. The van der Waals surface area contributed by atoms with Gasteiger partial charge in [0.25, 0.3) is 11.7 Å². The van der Waals surface area contributed by atoms with E-state index in [-0.39, 0.29) is 17.3 Å². The minimum absolute atomic E-state index is 0.0264. The fraction of sp³-hybridized carbons (Fsp3) is 0.250. The molecule has 0 radical (unpaired) electrons. The third-order valence-electron chi connectivity index (χ3n) is 6.34. The number of amides is 1. The molecule has 0 bridgehead atoms. The molecule has 1 aliphatic heterocycles. The molecule has 1 N–H and O–H groups in total. The van der Waals surface area contributed by atoms with Crippen LogP contribution in [0.2, 0.25) is 5.02 Å². The smallest absolute Gasteiger partial charge is 0.300 e. The number of ketones is 1. The third-order valence-corrected chi connectivity index (χ3v) is 6.57. The van der Waals surface area contributed by atoms with Crippen molar-refractivity contribution < 1.29 is 19.4 Å². The number of aryl methyl sites for hydroxylation is 2. The number of aromatic nitrogens is 1. The topological polar surface area (TPSA) is 79.7 Å². The summed E-state index contributed by atoms with van der Waals surface area (Å²) < 4.78 is 5.53. The summed E-state index contributed by atoms with van der Waals surface area (Å²) in [6.07, 6.45) is 3.19. The maximum atomic E-state index is 13.4. The molecule has 3 aromatic rings. The number of Topliss-reactive ketones (excluding diaryl/α,β-unsaturated/α-hetero) is 1. The molecule has 1 aromatic heterocycles. The van der Waals surface area contributed by atoms with Crippen molar-refractivity contribution in [3.8, 4) is 5.75 Å². The van der Waals surface area contributed by atoms with Gasteiger partial charge in [0.1, 0.15) is 11.5 Å². The summed E-state index contributed by atoms with van der Waals surface area (Å²) in [6.45, 7) is 7.71. The van der Waals surface area contributed by atoms with Crippen molar-refractivity contribution in [2.75, 3.05) is 12.0 Å². The Bertz CT molecular complexity index is 1350. The lowest BCUT2D eigenvalue weighted by Crippen LogP contribution is -2.30. The molecule has 180 valence electrons. The van der Waals surface area contributed by atoms with E-state index in [9.17, 15) is 14.7 Å². The summed E-state index contributed by atoms with van der Waals surface area (Å²) >= 11 is 6.15. The number of rotatable bonds is 5.